The van der Waals surface area contributed by atoms with Crippen molar-refractivity contribution in [2.45, 2.75) is 20.4 Å². The molecular formula is C16H17BrN2O. The van der Waals surface area contributed by atoms with Crippen LogP contribution in [0.4, 0.5) is 5.69 Å². The molecule has 3 nitrogen and oxygen atoms in total. The average Bonchev–Trinajstić information content (AvgIpc) is 2.45. The molecule has 0 spiro atoms. The first-order valence-electron chi connectivity index (χ1n) is 6.57. The van der Waals surface area contributed by atoms with Gasteiger partial charge in [-0.15, -0.1) is 0 Å². The van der Waals surface area contributed by atoms with Gasteiger partial charge in [0.2, 0.25) is 0 Å². The van der Waals surface area contributed by atoms with Gasteiger partial charge in [-0.2, -0.15) is 0 Å². The summed E-state index contributed by atoms with van der Waals surface area (Å²) >= 11 is 3.47. The van der Waals surface area contributed by atoms with Crippen LogP contribution in [0.5, 0.6) is 0 Å². The van der Waals surface area contributed by atoms with Crippen molar-refractivity contribution in [3.63, 3.8) is 0 Å². The van der Waals surface area contributed by atoms with Crippen LogP contribution < -0.4 is 4.90 Å². The molecule has 0 bridgehead atoms. The van der Waals surface area contributed by atoms with E-state index >= 15 is 0 Å². The Morgan fingerprint density at radius 3 is 2.65 bits per heavy atom. The summed E-state index contributed by atoms with van der Waals surface area (Å²) in [6.07, 6.45) is 1.80. The van der Waals surface area contributed by atoms with E-state index in [0.29, 0.717) is 5.56 Å². The van der Waals surface area contributed by atoms with Gasteiger partial charge in [0.1, 0.15) is 0 Å². The van der Waals surface area contributed by atoms with Gasteiger partial charge in [-0.3, -0.25) is 9.78 Å². The summed E-state index contributed by atoms with van der Waals surface area (Å²) in [6.45, 7) is 5.31. The van der Waals surface area contributed by atoms with Crippen LogP contribution in [0.25, 0.3) is 0 Å². The van der Waals surface area contributed by atoms with Crippen LogP contribution in [-0.2, 0) is 6.54 Å². The highest BCUT2D eigenvalue weighted by atomic mass is 79.9. The Labute approximate surface area is 127 Å². The summed E-state index contributed by atoms with van der Waals surface area (Å²) < 4.78 is 0.835. The number of carbonyl (C=O) groups excluding carboxylic acids is 1. The molecule has 0 atom stereocenters. The van der Waals surface area contributed by atoms with Gasteiger partial charge in [0.05, 0.1) is 12.2 Å². The van der Waals surface area contributed by atoms with Crippen molar-refractivity contribution in [1.82, 2.24) is 4.98 Å². The highest BCUT2D eigenvalue weighted by Gasteiger charge is 2.10. The molecule has 0 unspecified atom stereocenters. The molecule has 104 valence electrons. The number of pyridine rings is 1. The first-order chi connectivity index (χ1) is 9.61. The van der Waals surface area contributed by atoms with E-state index in [2.05, 4.69) is 32.7 Å². The monoisotopic (exact) mass is 332 g/mol. The van der Waals surface area contributed by atoms with Crippen LogP contribution >= 0.6 is 15.9 Å². The minimum Gasteiger partial charge on any atom is -0.366 e. The predicted molar refractivity (Wildman–Crippen MR) is 85.1 cm³/mol. The van der Waals surface area contributed by atoms with Crippen LogP contribution in [0.2, 0.25) is 0 Å². The standard InChI is InChI=1S/C16H17BrN2O/c1-3-19(11-13-6-4-5-9-18-13)14-7-8-15(12(2)20)16(17)10-14/h4-10H,3,11H2,1-2H3. The van der Waals surface area contributed by atoms with Crippen molar-refractivity contribution in [2.24, 2.45) is 0 Å². The number of hydrogen-bond acceptors (Lipinski definition) is 3. The minimum atomic E-state index is 0.0659. The molecule has 0 N–H and O–H groups in total. The maximum Gasteiger partial charge on any atom is 0.160 e. The summed E-state index contributed by atoms with van der Waals surface area (Å²) in [6, 6.07) is 11.8. The summed E-state index contributed by atoms with van der Waals surface area (Å²) in [5.41, 5.74) is 2.82. The van der Waals surface area contributed by atoms with Gasteiger partial charge in [0.15, 0.2) is 5.78 Å². The Balaban J connectivity index is 2.24. The van der Waals surface area contributed by atoms with Crippen molar-refractivity contribution in [1.29, 1.82) is 0 Å². The summed E-state index contributed by atoms with van der Waals surface area (Å²) in [7, 11) is 0. The van der Waals surface area contributed by atoms with Crippen molar-refractivity contribution >= 4 is 27.4 Å². The third-order valence-electron chi connectivity index (χ3n) is 3.16. The molecule has 0 radical (unpaired) electrons. The quantitative estimate of drug-likeness (QED) is 0.773. The van der Waals surface area contributed by atoms with Crippen LogP contribution in [-0.4, -0.2) is 17.3 Å². The van der Waals surface area contributed by atoms with Crippen LogP contribution in [0, 0.1) is 0 Å². The maximum absolute atomic E-state index is 11.5. The largest absolute Gasteiger partial charge is 0.366 e. The second-order valence-electron chi connectivity index (χ2n) is 4.56. The molecule has 4 heteroatoms. The van der Waals surface area contributed by atoms with Crippen LogP contribution in [0.3, 0.4) is 0 Å². The van der Waals surface area contributed by atoms with Gasteiger partial charge in [-0.05, 0) is 60.1 Å². The Bertz CT molecular complexity index is 599. The lowest BCUT2D eigenvalue weighted by atomic mass is 10.1. The van der Waals surface area contributed by atoms with Gasteiger partial charge in [-0.25, -0.2) is 0 Å². The van der Waals surface area contributed by atoms with Gasteiger partial charge >= 0.3 is 0 Å². The van der Waals surface area contributed by atoms with E-state index in [0.717, 1.165) is 28.9 Å². The molecule has 2 aromatic rings. The summed E-state index contributed by atoms with van der Waals surface area (Å²) in [4.78, 5) is 18.0. The number of ketones is 1. The summed E-state index contributed by atoms with van der Waals surface area (Å²) in [5, 5.41) is 0. The van der Waals surface area contributed by atoms with E-state index in [4.69, 9.17) is 0 Å². The highest BCUT2D eigenvalue weighted by Crippen LogP contribution is 2.25. The fraction of sp³-hybridized carbons (Fsp3) is 0.250. The van der Waals surface area contributed by atoms with E-state index < -0.39 is 0 Å². The van der Waals surface area contributed by atoms with E-state index in [1.165, 1.54) is 0 Å². The van der Waals surface area contributed by atoms with Gasteiger partial charge in [-0.1, -0.05) is 6.07 Å². The first-order valence-corrected chi connectivity index (χ1v) is 7.36. The zero-order valence-corrected chi connectivity index (χ0v) is 13.2. The SMILES string of the molecule is CCN(Cc1ccccn1)c1ccc(C(C)=O)c(Br)c1. The van der Waals surface area contributed by atoms with Crippen molar-refractivity contribution in [3.8, 4) is 0 Å². The first kappa shape index (κ1) is 14.7. The smallest absolute Gasteiger partial charge is 0.160 e. The normalized spacial score (nSPS) is 10.3. The molecule has 1 aromatic carbocycles. The number of Topliss-reactive ketones (excluding diaryl/α,β-unsaturated/α-hetero) is 1. The fourth-order valence-electron chi connectivity index (χ4n) is 2.06. The maximum atomic E-state index is 11.5. The average molecular weight is 333 g/mol. The molecule has 0 aliphatic heterocycles. The number of anilines is 1. The second kappa shape index (κ2) is 6.66. The lowest BCUT2D eigenvalue weighted by molar-refractivity contribution is 0.101. The summed E-state index contributed by atoms with van der Waals surface area (Å²) in [5.74, 6) is 0.0659. The van der Waals surface area contributed by atoms with E-state index in [-0.39, 0.29) is 5.78 Å². The molecule has 2 rings (SSSR count). The number of carbonyl (C=O) groups is 1. The third kappa shape index (κ3) is 3.45. The van der Waals surface area contributed by atoms with Gasteiger partial charge < -0.3 is 4.90 Å². The topological polar surface area (TPSA) is 33.2 Å². The van der Waals surface area contributed by atoms with E-state index in [1.807, 2.05) is 36.4 Å². The van der Waals surface area contributed by atoms with Crippen molar-refractivity contribution in [2.75, 3.05) is 11.4 Å². The molecule has 0 aliphatic carbocycles. The molecular weight excluding hydrogens is 316 g/mol. The Kier molecular flexibility index (Phi) is 4.90. The fourth-order valence-corrected chi connectivity index (χ4v) is 2.70. The zero-order chi connectivity index (χ0) is 14.5. The molecule has 0 aliphatic rings. The van der Waals surface area contributed by atoms with Crippen molar-refractivity contribution in [3.05, 3.63) is 58.3 Å². The zero-order valence-electron chi connectivity index (χ0n) is 11.6. The molecule has 1 heterocycles. The Morgan fingerprint density at radius 1 is 1.30 bits per heavy atom. The number of halogens is 1. The van der Waals surface area contributed by atoms with E-state index in [9.17, 15) is 4.79 Å². The van der Waals surface area contributed by atoms with Gasteiger partial charge in [0.25, 0.3) is 0 Å². The molecule has 0 saturated carbocycles. The number of hydrogen-bond donors (Lipinski definition) is 0. The lowest BCUT2D eigenvalue weighted by Gasteiger charge is -2.23. The van der Waals surface area contributed by atoms with Crippen LogP contribution in [0.1, 0.15) is 29.9 Å². The Morgan fingerprint density at radius 2 is 2.10 bits per heavy atom. The van der Waals surface area contributed by atoms with E-state index in [1.54, 1.807) is 13.1 Å². The molecule has 20 heavy (non-hydrogen) atoms. The molecule has 0 amide bonds. The van der Waals surface area contributed by atoms with Crippen molar-refractivity contribution < 1.29 is 4.79 Å². The number of benzene rings is 1. The van der Waals surface area contributed by atoms with Crippen LogP contribution in [0.15, 0.2) is 47.1 Å². The number of nitrogens with zero attached hydrogens (tertiary/aromatic N) is 2. The molecule has 0 fully saturated rings. The Hall–Kier alpha value is -1.68. The van der Waals surface area contributed by atoms with Gasteiger partial charge in [0, 0.05) is 28.5 Å². The second-order valence-corrected chi connectivity index (χ2v) is 5.41. The predicted octanol–water partition coefficient (Wildman–Crippen LogP) is 4.07. The highest BCUT2D eigenvalue weighted by molar-refractivity contribution is 9.10. The number of aromatic nitrogens is 1. The third-order valence-corrected chi connectivity index (χ3v) is 3.81. The number of rotatable bonds is 5. The molecule has 1 aromatic heterocycles. The lowest BCUT2D eigenvalue weighted by Crippen LogP contribution is -2.22. The molecule has 0 saturated heterocycles. The minimum absolute atomic E-state index is 0.0659.